The van der Waals surface area contributed by atoms with E-state index in [1.165, 1.54) is 0 Å². The van der Waals surface area contributed by atoms with Gasteiger partial charge in [0, 0.05) is 30.3 Å². The minimum absolute atomic E-state index is 0.103. The molecule has 0 spiro atoms. The van der Waals surface area contributed by atoms with E-state index >= 15 is 0 Å². The Hall–Kier alpha value is -1.50. The normalized spacial score (nSPS) is 19.7. The SMILES string of the molecule is CCOc1c(Cl)cc(C2NC(=S)N(C)C3=C2C(=O)CCC3)c(OCC)c1Cl. The van der Waals surface area contributed by atoms with Crippen LogP contribution in [0.2, 0.25) is 10.0 Å². The number of rotatable bonds is 5. The molecule has 0 bridgehead atoms. The van der Waals surface area contributed by atoms with Gasteiger partial charge in [0.25, 0.3) is 0 Å². The second-order valence-electron chi connectivity index (χ2n) is 6.36. The monoisotopic (exact) mass is 428 g/mol. The van der Waals surface area contributed by atoms with Gasteiger partial charge in [0.15, 0.2) is 16.6 Å². The molecule has 0 aromatic heterocycles. The number of ketones is 1. The molecule has 27 heavy (non-hydrogen) atoms. The van der Waals surface area contributed by atoms with Gasteiger partial charge in [-0.15, -0.1) is 0 Å². The highest BCUT2D eigenvalue weighted by molar-refractivity contribution is 7.80. The van der Waals surface area contributed by atoms with Crippen LogP contribution in [0.15, 0.2) is 17.3 Å². The van der Waals surface area contributed by atoms with Crippen molar-refractivity contribution in [3.05, 3.63) is 32.9 Å². The number of nitrogens with one attached hydrogen (secondary N) is 1. The lowest BCUT2D eigenvalue weighted by molar-refractivity contribution is -0.116. The summed E-state index contributed by atoms with van der Waals surface area (Å²) in [5.74, 6) is 0.946. The summed E-state index contributed by atoms with van der Waals surface area (Å²) in [6.07, 6.45) is 2.14. The van der Waals surface area contributed by atoms with Gasteiger partial charge < -0.3 is 19.7 Å². The smallest absolute Gasteiger partial charge is 0.173 e. The molecule has 2 aliphatic rings. The van der Waals surface area contributed by atoms with Crippen LogP contribution in [0.4, 0.5) is 0 Å². The highest BCUT2D eigenvalue weighted by Crippen LogP contribution is 2.48. The molecule has 1 aromatic rings. The molecular formula is C19H22Cl2N2O3S. The van der Waals surface area contributed by atoms with Crippen molar-refractivity contribution in [3.8, 4) is 11.5 Å². The molecular weight excluding hydrogens is 407 g/mol. The fourth-order valence-electron chi connectivity index (χ4n) is 3.56. The summed E-state index contributed by atoms with van der Waals surface area (Å²) in [6, 6.07) is 1.30. The quantitative estimate of drug-likeness (QED) is 0.688. The number of hydrogen-bond donors (Lipinski definition) is 1. The average molecular weight is 429 g/mol. The van der Waals surface area contributed by atoms with Gasteiger partial charge in [-0.05, 0) is 45.0 Å². The van der Waals surface area contributed by atoms with Crippen molar-refractivity contribution in [2.45, 2.75) is 39.2 Å². The minimum Gasteiger partial charge on any atom is -0.492 e. The van der Waals surface area contributed by atoms with E-state index in [0.717, 1.165) is 18.5 Å². The molecule has 1 aliphatic carbocycles. The van der Waals surface area contributed by atoms with Crippen LogP contribution in [0.1, 0.15) is 44.7 Å². The second kappa shape index (κ2) is 8.25. The van der Waals surface area contributed by atoms with Crippen molar-refractivity contribution in [3.63, 3.8) is 0 Å². The first-order chi connectivity index (χ1) is 12.9. The van der Waals surface area contributed by atoms with Gasteiger partial charge in [0.1, 0.15) is 10.8 Å². The summed E-state index contributed by atoms with van der Waals surface area (Å²) in [7, 11) is 1.88. The Labute approximate surface area is 174 Å². The van der Waals surface area contributed by atoms with Crippen molar-refractivity contribution in [2.24, 2.45) is 0 Å². The van der Waals surface area contributed by atoms with Gasteiger partial charge in [-0.2, -0.15) is 0 Å². The number of halogens is 2. The lowest BCUT2D eigenvalue weighted by Crippen LogP contribution is -2.47. The Morgan fingerprint density at radius 2 is 1.89 bits per heavy atom. The molecule has 1 aliphatic heterocycles. The van der Waals surface area contributed by atoms with Crippen molar-refractivity contribution in [1.29, 1.82) is 0 Å². The summed E-state index contributed by atoms with van der Waals surface area (Å²) in [6.45, 7) is 4.57. The maximum Gasteiger partial charge on any atom is 0.173 e. The molecule has 1 aromatic carbocycles. The first kappa shape index (κ1) is 20.2. The summed E-state index contributed by atoms with van der Waals surface area (Å²) >= 11 is 18.5. The average Bonchev–Trinajstić information content (AvgIpc) is 2.64. The Morgan fingerprint density at radius 3 is 2.56 bits per heavy atom. The molecule has 1 atom stereocenters. The summed E-state index contributed by atoms with van der Waals surface area (Å²) in [4.78, 5) is 14.6. The fraction of sp³-hybridized carbons (Fsp3) is 0.474. The van der Waals surface area contributed by atoms with Crippen LogP contribution in [0.5, 0.6) is 11.5 Å². The molecule has 5 nitrogen and oxygen atoms in total. The molecule has 1 unspecified atom stereocenters. The van der Waals surface area contributed by atoms with Crippen LogP contribution in [0, 0.1) is 0 Å². The second-order valence-corrected chi connectivity index (χ2v) is 7.54. The third-order valence-electron chi connectivity index (χ3n) is 4.74. The van der Waals surface area contributed by atoms with Crippen molar-refractivity contribution >= 4 is 46.3 Å². The van der Waals surface area contributed by atoms with E-state index in [2.05, 4.69) is 5.32 Å². The van der Waals surface area contributed by atoms with Gasteiger partial charge in [0.05, 0.1) is 24.3 Å². The number of carbonyl (C=O) groups is 1. The maximum absolute atomic E-state index is 12.8. The third-order valence-corrected chi connectivity index (χ3v) is 5.76. The van der Waals surface area contributed by atoms with Crippen LogP contribution >= 0.6 is 35.4 Å². The van der Waals surface area contributed by atoms with Crippen LogP contribution < -0.4 is 14.8 Å². The Bertz CT molecular complexity index is 826. The van der Waals surface area contributed by atoms with E-state index in [0.29, 0.717) is 57.4 Å². The molecule has 1 heterocycles. The molecule has 0 saturated heterocycles. The minimum atomic E-state index is -0.455. The fourth-order valence-corrected chi connectivity index (χ4v) is 4.42. The predicted molar refractivity (Wildman–Crippen MR) is 111 cm³/mol. The first-order valence-electron chi connectivity index (χ1n) is 8.98. The predicted octanol–water partition coefficient (Wildman–Crippen LogP) is 4.66. The Balaban J connectivity index is 2.21. The third kappa shape index (κ3) is 3.62. The number of allylic oxidation sites excluding steroid dienone is 1. The molecule has 3 rings (SSSR count). The molecule has 0 fully saturated rings. The number of hydrogen-bond acceptors (Lipinski definition) is 4. The van der Waals surface area contributed by atoms with Gasteiger partial charge in [-0.3, -0.25) is 4.79 Å². The van der Waals surface area contributed by atoms with Crippen LogP contribution in [-0.2, 0) is 4.79 Å². The highest BCUT2D eigenvalue weighted by Gasteiger charge is 2.38. The number of carbonyl (C=O) groups excluding carboxylic acids is 1. The molecule has 146 valence electrons. The molecule has 1 N–H and O–H groups in total. The van der Waals surface area contributed by atoms with E-state index in [1.54, 1.807) is 6.07 Å². The molecule has 8 heteroatoms. The van der Waals surface area contributed by atoms with Gasteiger partial charge in [0.2, 0.25) is 0 Å². The van der Waals surface area contributed by atoms with E-state index in [1.807, 2.05) is 25.8 Å². The summed E-state index contributed by atoms with van der Waals surface area (Å²) in [5, 5.41) is 4.49. The zero-order valence-corrected chi connectivity index (χ0v) is 17.9. The maximum atomic E-state index is 12.8. The molecule has 0 saturated carbocycles. The Kier molecular flexibility index (Phi) is 6.18. The van der Waals surface area contributed by atoms with Crippen molar-refractivity contribution in [1.82, 2.24) is 10.2 Å². The molecule has 0 amide bonds. The lowest BCUT2D eigenvalue weighted by Gasteiger charge is -2.39. The van der Waals surface area contributed by atoms with Crippen LogP contribution in [-0.4, -0.2) is 36.1 Å². The van der Waals surface area contributed by atoms with Gasteiger partial charge in [-0.1, -0.05) is 23.2 Å². The summed E-state index contributed by atoms with van der Waals surface area (Å²) in [5.41, 5.74) is 2.34. The van der Waals surface area contributed by atoms with Crippen LogP contribution in [0.25, 0.3) is 0 Å². The largest absolute Gasteiger partial charge is 0.492 e. The number of benzene rings is 1. The van der Waals surface area contributed by atoms with E-state index in [9.17, 15) is 4.79 Å². The van der Waals surface area contributed by atoms with Crippen molar-refractivity contribution in [2.75, 3.05) is 20.3 Å². The first-order valence-corrected chi connectivity index (χ1v) is 10.1. The number of ether oxygens (including phenoxy) is 2. The highest BCUT2D eigenvalue weighted by atomic mass is 35.5. The van der Waals surface area contributed by atoms with E-state index in [-0.39, 0.29) is 5.78 Å². The van der Waals surface area contributed by atoms with E-state index < -0.39 is 6.04 Å². The standard InChI is InChI=1S/C19H22Cl2N2O3S/c1-4-25-17-10(9-11(20)18(15(17)21)26-5-2)16-14-12(7-6-8-13(14)24)23(3)19(27)22-16/h9,16H,4-8H2,1-3H3,(H,22,27). The van der Waals surface area contributed by atoms with Crippen LogP contribution in [0.3, 0.4) is 0 Å². The van der Waals surface area contributed by atoms with E-state index in [4.69, 9.17) is 44.9 Å². The number of Topliss-reactive ketones (excluding diaryl/α,β-unsaturated/α-hetero) is 1. The summed E-state index contributed by atoms with van der Waals surface area (Å²) < 4.78 is 11.4. The molecule has 0 radical (unpaired) electrons. The zero-order valence-electron chi connectivity index (χ0n) is 15.5. The lowest BCUT2D eigenvalue weighted by atomic mass is 9.84. The topological polar surface area (TPSA) is 50.8 Å². The van der Waals surface area contributed by atoms with Crippen molar-refractivity contribution < 1.29 is 14.3 Å². The number of thiocarbonyl (C=S) groups is 1. The zero-order chi connectivity index (χ0) is 19.7. The van der Waals surface area contributed by atoms with Gasteiger partial charge in [-0.25, -0.2) is 0 Å². The van der Waals surface area contributed by atoms with Gasteiger partial charge >= 0.3 is 0 Å². The number of nitrogens with zero attached hydrogens (tertiary/aromatic N) is 1. The Morgan fingerprint density at radius 1 is 1.22 bits per heavy atom.